The fraction of sp³-hybridized carbons (Fsp3) is 0.931. The maximum absolute atomic E-state index is 12.4. The quantitative estimate of drug-likeness (QED) is 0.163. The number of rotatable bonds is 8. The van der Waals surface area contributed by atoms with Gasteiger partial charge in [-0.15, -0.1) is 0 Å². The highest BCUT2D eigenvalue weighted by atomic mass is 32.3. The smallest absolute Gasteiger partial charge is 0.393 e. The van der Waals surface area contributed by atoms with Crippen molar-refractivity contribution < 1.29 is 47.8 Å². The average Bonchev–Trinajstić information content (AvgIpc) is 3.11. The van der Waals surface area contributed by atoms with E-state index in [2.05, 4.69) is 11.1 Å². The van der Waals surface area contributed by atoms with Crippen LogP contribution in [0, 0.1) is 40.4 Å². The second-order valence-electron chi connectivity index (χ2n) is 14.2. The largest absolute Gasteiger partial charge is 0.397 e. The average molecular weight is 591 g/mol. The van der Waals surface area contributed by atoms with Crippen LogP contribution in [0.25, 0.3) is 0 Å². The van der Waals surface area contributed by atoms with E-state index in [1.807, 2.05) is 32.9 Å². The third kappa shape index (κ3) is 5.11. The van der Waals surface area contributed by atoms with Gasteiger partial charge >= 0.3 is 10.4 Å². The number of aliphatic hydroxyl groups is 6. The molecule has 0 aromatic carbocycles. The minimum absolute atomic E-state index is 0.0100. The molecule has 0 aromatic heterocycles. The van der Waals surface area contributed by atoms with Crippen LogP contribution in [0.15, 0.2) is 12.2 Å². The maximum atomic E-state index is 12.4. The lowest BCUT2D eigenvalue weighted by atomic mass is 9.40. The van der Waals surface area contributed by atoms with E-state index in [9.17, 15) is 39.1 Å². The number of hydrogen-bond acceptors (Lipinski definition) is 9. The molecule has 232 valence electrons. The number of hydrogen-bond donors (Lipinski definition) is 7. The van der Waals surface area contributed by atoms with Crippen LogP contribution in [0.3, 0.4) is 0 Å². The molecule has 0 spiro atoms. The summed E-state index contributed by atoms with van der Waals surface area (Å²) in [7, 11) is -4.69. The molecule has 7 N–H and O–H groups in total. The Bertz CT molecular complexity index is 1080. The minimum Gasteiger partial charge on any atom is -0.393 e. The summed E-state index contributed by atoms with van der Waals surface area (Å²) < 4.78 is 35.4. The van der Waals surface area contributed by atoms with Gasteiger partial charge in [-0.05, 0) is 68.6 Å². The van der Waals surface area contributed by atoms with Crippen molar-refractivity contribution >= 4 is 10.4 Å². The number of allylic oxidation sites excluding steroid dienone is 1. The fourth-order valence-corrected chi connectivity index (χ4v) is 10.2. The van der Waals surface area contributed by atoms with Crippen LogP contribution < -0.4 is 0 Å². The Kier molecular flexibility index (Phi) is 8.49. The van der Waals surface area contributed by atoms with E-state index in [0.717, 1.165) is 6.42 Å². The molecule has 4 fully saturated rings. The van der Waals surface area contributed by atoms with Gasteiger partial charge in [0.1, 0.15) is 0 Å². The highest BCUT2D eigenvalue weighted by Gasteiger charge is 2.74. The normalized spacial score (nSPS) is 48.6. The van der Waals surface area contributed by atoms with Crippen molar-refractivity contribution in [2.45, 2.75) is 121 Å². The van der Waals surface area contributed by atoms with E-state index in [0.29, 0.717) is 32.1 Å². The predicted molar refractivity (Wildman–Crippen MR) is 147 cm³/mol. The van der Waals surface area contributed by atoms with E-state index in [1.54, 1.807) is 0 Å². The van der Waals surface area contributed by atoms with Crippen molar-refractivity contribution in [3.63, 3.8) is 0 Å². The molecule has 4 aliphatic carbocycles. The van der Waals surface area contributed by atoms with Crippen molar-refractivity contribution in [3.05, 3.63) is 12.2 Å². The molecular weight excluding hydrogens is 540 g/mol. The first kappa shape index (κ1) is 32.3. The van der Waals surface area contributed by atoms with Gasteiger partial charge in [0.2, 0.25) is 0 Å². The first-order chi connectivity index (χ1) is 18.2. The van der Waals surface area contributed by atoms with Gasteiger partial charge in [0, 0.05) is 30.1 Å². The summed E-state index contributed by atoms with van der Waals surface area (Å²) >= 11 is 0. The fourth-order valence-electron chi connectivity index (χ4n) is 9.83. The molecule has 0 heterocycles. The zero-order valence-corrected chi connectivity index (χ0v) is 25.2. The third-order valence-electron chi connectivity index (χ3n) is 11.9. The van der Waals surface area contributed by atoms with Gasteiger partial charge < -0.3 is 30.6 Å². The molecule has 0 radical (unpaired) electrons. The van der Waals surface area contributed by atoms with Crippen molar-refractivity contribution in [2.24, 2.45) is 40.4 Å². The van der Waals surface area contributed by atoms with Gasteiger partial charge in [0.25, 0.3) is 0 Å². The molecule has 13 atom stereocenters. The summed E-state index contributed by atoms with van der Waals surface area (Å²) in [6.07, 6.45) is 4.37. The Labute approximate surface area is 238 Å². The van der Waals surface area contributed by atoms with Crippen molar-refractivity contribution in [1.82, 2.24) is 0 Å². The first-order valence-electron chi connectivity index (χ1n) is 14.8. The Morgan fingerprint density at radius 1 is 1.07 bits per heavy atom. The summed E-state index contributed by atoms with van der Waals surface area (Å²) in [5, 5.41) is 68.0. The molecule has 4 aliphatic rings. The highest BCUT2D eigenvalue weighted by molar-refractivity contribution is 7.80. The highest BCUT2D eigenvalue weighted by Crippen LogP contribution is 2.70. The van der Waals surface area contributed by atoms with Crippen molar-refractivity contribution in [1.29, 1.82) is 0 Å². The van der Waals surface area contributed by atoms with E-state index in [4.69, 9.17) is 4.55 Å². The summed E-state index contributed by atoms with van der Waals surface area (Å²) in [5.41, 5.74) is -5.68. The Morgan fingerprint density at radius 3 is 2.33 bits per heavy atom. The van der Waals surface area contributed by atoms with E-state index < -0.39 is 74.8 Å². The summed E-state index contributed by atoms with van der Waals surface area (Å²) in [6, 6.07) is 0. The summed E-state index contributed by atoms with van der Waals surface area (Å²) in [6.45, 7) is 8.78. The van der Waals surface area contributed by atoms with Crippen LogP contribution in [-0.4, -0.2) is 85.3 Å². The van der Waals surface area contributed by atoms with Gasteiger partial charge in [-0.3, -0.25) is 4.55 Å². The molecular formula is C29H50O10S. The SMILES string of the molecule is CC[C@H](/C=C/C(C)[C@H]1CC(O)C2[C@]3(O)C[C@@H](O)C4(O)C[C@@H](O)CC[C@]4(C)C3CC[C@@]21C)[C@@](C)(O)COS(=O)(=O)O. The van der Waals surface area contributed by atoms with Gasteiger partial charge in [0.05, 0.1) is 41.7 Å². The second-order valence-corrected chi connectivity index (χ2v) is 15.3. The Hall–Kier alpha value is -0.630. The predicted octanol–water partition coefficient (Wildman–Crippen LogP) is 1.97. The van der Waals surface area contributed by atoms with E-state index in [1.165, 1.54) is 6.92 Å². The molecule has 4 rings (SSSR count). The number of fused-ring (bicyclic) bond motifs is 5. The summed E-state index contributed by atoms with van der Waals surface area (Å²) in [5.74, 6) is -1.36. The zero-order valence-electron chi connectivity index (χ0n) is 24.4. The van der Waals surface area contributed by atoms with Crippen LogP contribution >= 0.6 is 0 Å². The number of aliphatic hydroxyl groups excluding tert-OH is 3. The van der Waals surface area contributed by atoms with Crippen molar-refractivity contribution in [2.75, 3.05) is 6.61 Å². The molecule has 0 amide bonds. The standard InChI is InChI=1S/C29H50O10S/c1-6-18(27(5,33)16-39-40(36,37)38)8-7-17(2)20-13-21(31)24-25(20,3)11-10-22-26(4)12-9-19(30)14-29(26,35)23(32)15-28(22,24)34/h7-8,17-24,30-35H,6,9-16H2,1-5H3,(H,36,37,38)/b8-7+/t17?,18-,19+,20-,21?,22?,23-,24?,25-,26-,27+,28+,29?/m1/s1. The molecule has 0 saturated heterocycles. The van der Waals surface area contributed by atoms with Gasteiger partial charge in [-0.2, -0.15) is 8.42 Å². The molecule has 5 unspecified atom stereocenters. The van der Waals surface area contributed by atoms with Gasteiger partial charge in [0.15, 0.2) is 0 Å². The monoisotopic (exact) mass is 590 g/mol. The lowest BCUT2D eigenvalue weighted by Crippen LogP contribution is -2.75. The topological polar surface area (TPSA) is 185 Å². The molecule has 10 nitrogen and oxygen atoms in total. The van der Waals surface area contributed by atoms with Gasteiger partial charge in [-0.1, -0.05) is 39.8 Å². The molecule has 0 aromatic rings. The van der Waals surface area contributed by atoms with Crippen LogP contribution in [0.2, 0.25) is 0 Å². The lowest BCUT2D eigenvalue weighted by molar-refractivity contribution is -0.315. The molecule has 4 saturated carbocycles. The second kappa shape index (κ2) is 10.5. The molecule has 0 bridgehead atoms. The van der Waals surface area contributed by atoms with Crippen molar-refractivity contribution in [3.8, 4) is 0 Å². The maximum Gasteiger partial charge on any atom is 0.397 e. The first-order valence-corrected chi connectivity index (χ1v) is 16.1. The zero-order chi connectivity index (χ0) is 30.1. The third-order valence-corrected chi connectivity index (χ3v) is 12.4. The van der Waals surface area contributed by atoms with Crippen LogP contribution in [0.1, 0.15) is 86.0 Å². The molecule has 0 aliphatic heterocycles. The van der Waals surface area contributed by atoms with E-state index in [-0.39, 0.29) is 30.6 Å². The Morgan fingerprint density at radius 2 is 1.73 bits per heavy atom. The van der Waals surface area contributed by atoms with E-state index >= 15 is 0 Å². The van der Waals surface area contributed by atoms with Crippen LogP contribution in [0.4, 0.5) is 0 Å². The lowest BCUT2D eigenvalue weighted by Gasteiger charge is -2.68. The van der Waals surface area contributed by atoms with Crippen LogP contribution in [-0.2, 0) is 14.6 Å². The molecule has 40 heavy (non-hydrogen) atoms. The van der Waals surface area contributed by atoms with Gasteiger partial charge in [-0.25, -0.2) is 4.18 Å². The van der Waals surface area contributed by atoms with Crippen LogP contribution in [0.5, 0.6) is 0 Å². The summed E-state index contributed by atoms with van der Waals surface area (Å²) in [4.78, 5) is 0. The molecule has 11 heteroatoms. The minimum atomic E-state index is -4.69. The Balaban J connectivity index is 1.58.